The van der Waals surface area contributed by atoms with E-state index < -0.39 is 9.84 Å². The fourth-order valence-electron chi connectivity index (χ4n) is 2.29. The third-order valence-corrected chi connectivity index (χ3v) is 6.17. The summed E-state index contributed by atoms with van der Waals surface area (Å²) in [6.45, 7) is 3.71. The van der Waals surface area contributed by atoms with E-state index in [0.29, 0.717) is 13.1 Å². The van der Waals surface area contributed by atoms with Crippen LogP contribution in [0.5, 0.6) is 0 Å². The first-order chi connectivity index (χ1) is 10.6. The van der Waals surface area contributed by atoms with Crippen LogP contribution in [0.15, 0.2) is 22.5 Å². The number of sulfone groups is 1. The van der Waals surface area contributed by atoms with Gasteiger partial charge in [0.25, 0.3) is 0 Å². The first-order valence-electron chi connectivity index (χ1n) is 7.49. The minimum Gasteiger partial charge on any atom is -0.356 e. The highest BCUT2D eigenvalue weighted by Crippen LogP contribution is 2.08. The second kappa shape index (κ2) is 10.5. The lowest BCUT2D eigenvalue weighted by atomic mass is 10.3. The predicted octanol–water partition coefficient (Wildman–Crippen LogP) is 0.804. The monoisotopic (exact) mass is 472 g/mol. The van der Waals surface area contributed by atoms with Gasteiger partial charge < -0.3 is 10.6 Å². The highest BCUT2D eigenvalue weighted by Gasteiger charge is 2.20. The van der Waals surface area contributed by atoms with Crippen molar-refractivity contribution in [2.24, 2.45) is 4.99 Å². The molecule has 0 saturated carbocycles. The van der Waals surface area contributed by atoms with E-state index in [1.807, 2.05) is 0 Å². The van der Waals surface area contributed by atoms with Crippen molar-refractivity contribution >= 4 is 51.1 Å². The van der Waals surface area contributed by atoms with Gasteiger partial charge in [-0.2, -0.15) is 0 Å². The number of nitrogens with zero attached hydrogens (tertiary/aromatic N) is 2. The Bertz CT molecular complexity index is 562. The van der Waals surface area contributed by atoms with Crippen LogP contribution in [-0.2, 0) is 16.3 Å². The van der Waals surface area contributed by atoms with Gasteiger partial charge in [0, 0.05) is 44.6 Å². The summed E-state index contributed by atoms with van der Waals surface area (Å²) < 4.78 is 22.7. The van der Waals surface area contributed by atoms with Crippen molar-refractivity contribution in [3.8, 4) is 0 Å². The van der Waals surface area contributed by atoms with Crippen LogP contribution in [0.1, 0.15) is 4.88 Å². The van der Waals surface area contributed by atoms with E-state index in [0.717, 1.165) is 32.0 Å². The molecule has 0 bridgehead atoms. The van der Waals surface area contributed by atoms with Gasteiger partial charge in [-0.3, -0.25) is 9.89 Å². The van der Waals surface area contributed by atoms with Crippen molar-refractivity contribution in [3.63, 3.8) is 0 Å². The van der Waals surface area contributed by atoms with E-state index in [-0.39, 0.29) is 35.5 Å². The van der Waals surface area contributed by atoms with Gasteiger partial charge in [-0.25, -0.2) is 8.42 Å². The molecule has 1 aromatic heterocycles. The summed E-state index contributed by atoms with van der Waals surface area (Å²) in [5.41, 5.74) is 0. The molecular weight excluding hydrogens is 447 g/mol. The molecule has 0 atom stereocenters. The summed E-state index contributed by atoms with van der Waals surface area (Å²) in [6.07, 6.45) is 0.988. The number of halogens is 1. The molecule has 132 valence electrons. The smallest absolute Gasteiger partial charge is 0.191 e. The summed E-state index contributed by atoms with van der Waals surface area (Å²) in [5.74, 6) is 1.35. The van der Waals surface area contributed by atoms with Crippen LogP contribution >= 0.6 is 35.3 Å². The Hall–Kier alpha value is -0.390. The van der Waals surface area contributed by atoms with Gasteiger partial charge in [0.1, 0.15) is 0 Å². The maximum absolute atomic E-state index is 11.4. The maximum atomic E-state index is 11.4. The molecule has 1 aliphatic heterocycles. The molecule has 0 amide bonds. The van der Waals surface area contributed by atoms with Crippen molar-refractivity contribution in [2.45, 2.75) is 6.42 Å². The molecule has 0 spiro atoms. The van der Waals surface area contributed by atoms with Gasteiger partial charge in [0.05, 0.1) is 11.5 Å². The van der Waals surface area contributed by atoms with Crippen molar-refractivity contribution in [1.82, 2.24) is 15.5 Å². The molecule has 1 saturated heterocycles. The van der Waals surface area contributed by atoms with Gasteiger partial charge in [0.2, 0.25) is 0 Å². The van der Waals surface area contributed by atoms with E-state index in [1.54, 1.807) is 18.4 Å². The summed E-state index contributed by atoms with van der Waals surface area (Å²) in [6, 6.07) is 4.19. The molecule has 2 N–H and O–H groups in total. The molecule has 1 fully saturated rings. The van der Waals surface area contributed by atoms with Crippen LogP contribution in [0.4, 0.5) is 0 Å². The van der Waals surface area contributed by atoms with Crippen molar-refractivity contribution < 1.29 is 8.42 Å². The van der Waals surface area contributed by atoms with E-state index in [2.05, 4.69) is 38.0 Å². The van der Waals surface area contributed by atoms with Crippen LogP contribution < -0.4 is 10.6 Å². The molecule has 0 aromatic carbocycles. The lowest BCUT2D eigenvalue weighted by molar-refractivity contribution is 0.299. The molecule has 0 unspecified atom stereocenters. The van der Waals surface area contributed by atoms with E-state index in [9.17, 15) is 8.42 Å². The Balaban J connectivity index is 0.00000264. The summed E-state index contributed by atoms with van der Waals surface area (Å²) >= 11 is 1.76. The van der Waals surface area contributed by atoms with E-state index in [4.69, 9.17) is 0 Å². The minimum absolute atomic E-state index is 0. The highest BCUT2D eigenvalue weighted by molar-refractivity contribution is 14.0. The number of rotatable bonds is 6. The molecule has 9 heteroatoms. The number of thiophene rings is 1. The molecule has 0 radical (unpaired) electrons. The van der Waals surface area contributed by atoms with Crippen LogP contribution in [0.3, 0.4) is 0 Å². The zero-order chi connectivity index (χ0) is 15.8. The molecule has 1 aromatic rings. The average molecular weight is 472 g/mol. The van der Waals surface area contributed by atoms with Gasteiger partial charge in [-0.1, -0.05) is 6.07 Å². The number of nitrogens with one attached hydrogen (secondary N) is 2. The third-order valence-electron chi connectivity index (χ3n) is 3.63. The standard InChI is InChI=1S/C14H24N4O2S2.HI/c1-15-14(16-5-4-13-3-2-10-21-13)17-6-7-18-8-11-22(19,20)12-9-18;/h2-3,10H,4-9,11-12H2,1H3,(H2,15,16,17);1H. The lowest BCUT2D eigenvalue weighted by Gasteiger charge is -2.26. The fourth-order valence-corrected chi connectivity index (χ4v) is 4.27. The number of guanidine groups is 1. The van der Waals surface area contributed by atoms with Crippen molar-refractivity contribution in [2.75, 3.05) is 51.3 Å². The first-order valence-corrected chi connectivity index (χ1v) is 10.2. The normalized spacial score (nSPS) is 18.2. The second-order valence-electron chi connectivity index (χ2n) is 5.25. The molecule has 0 aliphatic carbocycles. The predicted molar refractivity (Wildman–Crippen MR) is 108 cm³/mol. The SMILES string of the molecule is CN=C(NCCc1cccs1)NCCN1CCS(=O)(=O)CC1.I. The Labute approximate surface area is 159 Å². The van der Waals surface area contributed by atoms with Crippen molar-refractivity contribution in [1.29, 1.82) is 0 Å². The van der Waals surface area contributed by atoms with Gasteiger partial charge in [-0.15, -0.1) is 35.3 Å². The molecule has 6 nitrogen and oxygen atoms in total. The van der Waals surface area contributed by atoms with Crippen LogP contribution in [0, 0.1) is 0 Å². The number of hydrogen-bond acceptors (Lipinski definition) is 5. The van der Waals surface area contributed by atoms with Gasteiger partial charge in [-0.05, 0) is 17.9 Å². The zero-order valence-corrected chi connectivity index (χ0v) is 17.3. The van der Waals surface area contributed by atoms with Crippen LogP contribution in [0.2, 0.25) is 0 Å². The first kappa shape index (κ1) is 20.7. The molecule has 1 aliphatic rings. The topological polar surface area (TPSA) is 73.8 Å². The van der Waals surface area contributed by atoms with Crippen LogP contribution in [-0.4, -0.2) is 70.6 Å². The molecular formula is C14H25IN4O2S2. The summed E-state index contributed by atoms with van der Waals surface area (Å²) in [4.78, 5) is 7.73. The Morgan fingerprint density at radius 3 is 2.61 bits per heavy atom. The lowest BCUT2D eigenvalue weighted by Crippen LogP contribution is -2.46. The van der Waals surface area contributed by atoms with E-state index in [1.165, 1.54) is 4.88 Å². The Morgan fingerprint density at radius 1 is 1.30 bits per heavy atom. The minimum atomic E-state index is -2.79. The quantitative estimate of drug-likeness (QED) is 0.364. The highest BCUT2D eigenvalue weighted by atomic mass is 127. The largest absolute Gasteiger partial charge is 0.356 e. The fraction of sp³-hybridized carbons (Fsp3) is 0.643. The second-order valence-corrected chi connectivity index (χ2v) is 8.58. The zero-order valence-electron chi connectivity index (χ0n) is 13.3. The maximum Gasteiger partial charge on any atom is 0.191 e. The average Bonchev–Trinajstić information content (AvgIpc) is 3.00. The molecule has 23 heavy (non-hydrogen) atoms. The Kier molecular flexibility index (Phi) is 9.40. The molecule has 2 rings (SSSR count). The van der Waals surface area contributed by atoms with E-state index >= 15 is 0 Å². The Morgan fingerprint density at radius 2 is 2.00 bits per heavy atom. The third kappa shape index (κ3) is 7.81. The summed E-state index contributed by atoms with van der Waals surface area (Å²) in [5, 5.41) is 8.64. The number of aliphatic imine (C=N–C) groups is 1. The number of hydrogen-bond donors (Lipinski definition) is 2. The summed E-state index contributed by atoms with van der Waals surface area (Å²) in [7, 11) is -1.03. The van der Waals surface area contributed by atoms with Gasteiger partial charge >= 0.3 is 0 Å². The van der Waals surface area contributed by atoms with Gasteiger partial charge in [0.15, 0.2) is 15.8 Å². The van der Waals surface area contributed by atoms with Crippen molar-refractivity contribution in [3.05, 3.63) is 22.4 Å². The molecule has 2 heterocycles. The van der Waals surface area contributed by atoms with Crippen LogP contribution in [0.25, 0.3) is 0 Å².